The molecule has 1 aromatic carbocycles. The van der Waals surface area contributed by atoms with E-state index in [1.165, 1.54) is 0 Å². The van der Waals surface area contributed by atoms with Crippen molar-refractivity contribution in [3.63, 3.8) is 0 Å². The standard InChI is InChI=1S/C25H30N4O3S/c1-7-20(30)26-17-14-16-15(13-18(17)32-6)10-11-29-22(16)21(19-9-8-12-33-19)27-23(29)24(31)28(5)25(2,3)4/h8-9,12-14H,7,10-11H2,1-6H3,(H,26,30). The average molecular weight is 467 g/mol. The zero-order valence-corrected chi connectivity index (χ0v) is 20.8. The van der Waals surface area contributed by atoms with E-state index >= 15 is 0 Å². The van der Waals surface area contributed by atoms with Crippen LogP contribution < -0.4 is 10.1 Å². The lowest BCUT2D eigenvalue weighted by Gasteiger charge is -2.32. The number of methoxy groups -OCH3 is 1. The fourth-order valence-corrected chi connectivity index (χ4v) is 4.65. The zero-order valence-electron chi connectivity index (χ0n) is 20.0. The molecule has 2 aromatic heterocycles. The van der Waals surface area contributed by atoms with Gasteiger partial charge in [-0.3, -0.25) is 9.59 Å². The van der Waals surface area contributed by atoms with E-state index in [4.69, 9.17) is 9.72 Å². The fraction of sp³-hybridized carbons (Fsp3) is 0.400. The number of rotatable bonds is 5. The lowest BCUT2D eigenvalue weighted by atomic mass is 9.95. The van der Waals surface area contributed by atoms with Crippen LogP contribution in [0.25, 0.3) is 21.8 Å². The monoisotopic (exact) mass is 466 g/mol. The van der Waals surface area contributed by atoms with Gasteiger partial charge in [0.15, 0.2) is 5.82 Å². The number of anilines is 1. The summed E-state index contributed by atoms with van der Waals surface area (Å²) in [4.78, 5) is 33.2. The number of aryl methyl sites for hydroxylation is 1. The van der Waals surface area contributed by atoms with Gasteiger partial charge in [-0.15, -0.1) is 11.3 Å². The maximum Gasteiger partial charge on any atom is 0.290 e. The van der Waals surface area contributed by atoms with Crippen LogP contribution in [-0.2, 0) is 17.8 Å². The second kappa shape index (κ2) is 8.67. The molecule has 0 saturated carbocycles. The van der Waals surface area contributed by atoms with Gasteiger partial charge in [-0.05, 0) is 56.3 Å². The van der Waals surface area contributed by atoms with Gasteiger partial charge >= 0.3 is 0 Å². The van der Waals surface area contributed by atoms with E-state index in [0.29, 0.717) is 30.2 Å². The molecule has 3 heterocycles. The van der Waals surface area contributed by atoms with Crippen LogP contribution in [0.4, 0.5) is 5.69 Å². The first-order chi connectivity index (χ1) is 15.7. The molecule has 0 spiro atoms. The fourth-order valence-electron chi connectivity index (χ4n) is 3.93. The summed E-state index contributed by atoms with van der Waals surface area (Å²) in [6.07, 6.45) is 1.11. The Hall–Kier alpha value is -3.13. The number of hydrogen-bond donors (Lipinski definition) is 1. The first-order valence-electron chi connectivity index (χ1n) is 11.1. The molecule has 7 nitrogen and oxygen atoms in total. The molecule has 4 rings (SSSR count). The van der Waals surface area contributed by atoms with Crippen LogP contribution in [0.15, 0.2) is 29.6 Å². The molecule has 0 saturated heterocycles. The topological polar surface area (TPSA) is 76.5 Å². The van der Waals surface area contributed by atoms with Crippen molar-refractivity contribution in [1.29, 1.82) is 0 Å². The Morgan fingerprint density at radius 2 is 2.06 bits per heavy atom. The Morgan fingerprint density at radius 1 is 1.30 bits per heavy atom. The number of amides is 2. The third kappa shape index (κ3) is 4.15. The van der Waals surface area contributed by atoms with Crippen LogP contribution in [0.2, 0.25) is 0 Å². The largest absolute Gasteiger partial charge is 0.495 e. The van der Waals surface area contributed by atoms with Crippen LogP contribution in [0.1, 0.15) is 50.3 Å². The molecule has 0 fully saturated rings. The summed E-state index contributed by atoms with van der Waals surface area (Å²) < 4.78 is 7.59. The van der Waals surface area contributed by atoms with Crippen LogP contribution >= 0.6 is 11.3 Å². The van der Waals surface area contributed by atoms with E-state index in [0.717, 1.165) is 33.8 Å². The number of carbonyl (C=O) groups is 2. The Labute approximate surface area is 198 Å². The van der Waals surface area contributed by atoms with Gasteiger partial charge in [0.05, 0.1) is 23.4 Å². The maximum absolute atomic E-state index is 13.5. The number of fused-ring (bicyclic) bond motifs is 3. The molecule has 1 N–H and O–H groups in total. The minimum atomic E-state index is -0.329. The number of hydrogen-bond acceptors (Lipinski definition) is 5. The van der Waals surface area contributed by atoms with E-state index in [-0.39, 0.29) is 17.4 Å². The predicted octanol–water partition coefficient (Wildman–Crippen LogP) is 5.06. The molecule has 33 heavy (non-hydrogen) atoms. The van der Waals surface area contributed by atoms with Crippen LogP contribution in [0, 0.1) is 0 Å². The average Bonchev–Trinajstić information content (AvgIpc) is 3.44. The van der Waals surface area contributed by atoms with Gasteiger partial charge in [0.25, 0.3) is 5.91 Å². The third-order valence-corrected chi connectivity index (χ3v) is 6.98. The highest BCUT2D eigenvalue weighted by Gasteiger charge is 2.33. The van der Waals surface area contributed by atoms with Gasteiger partial charge in [0.1, 0.15) is 11.4 Å². The zero-order chi connectivity index (χ0) is 23.9. The van der Waals surface area contributed by atoms with Crippen LogP contribution in [0.5, 0.6) is 5.75 Å². The highest BCUT2D eigenvalue weighted by atomic mass is 32.1. The van der Waals surface area contributed by atoms with Crippen molar-refractivity contribution in [3.05, 3.63) is 41.0 Å². The molecule has 1 aliphatic rings. The minimum Gasteiger partial charge on any atom is -0.495 e. The summed E-state index contributed by atoms with van der Waals surface area (Å²) >= 11 is 1.59. The van der Waals surface area contributed by atoms with Gasteiger partial charge < -0.3 is 19.5 Å². The normalized spacial score (nSPS) is 12.7. The Balaban J connectivity index is 1.93. The van der Waals surface area contributed by atoms with Crippen molar-refractivity contribution >= 4 is 28.8 Å². The summed E-state index contributed by atoms with van der Waals surface area (Å²) in [5, 5.41) is 4.96. The second-order valence-corrected chi connectivity index (χ2v) is 10.1. The van der Waals surface area contributed by atoms with Gasteiger partial charge in [-0.25, -0.2) is 4.98 Å². The van der Waals surface area contributed by atoms with Gasteiger partial charge in [-0.1, -0.05) is 13.0 Å². The van der Waals surface area contributed by atoms with Crippen molar-refractivity contribution in [2.45, 2.75) is 52.6 Å². The maximum atomic E-state index is 13.5. The molecular weight excluding hydrogens is 436 g/mol. The summed E-state index contributed by atoms with van der Waals surface area (Å²) in [6, 6.07) is 7.94. The number of nitrogens with one attached hydrogen (secondary N) is 1. The van der Waals surface area contributed by atoms with Gasteiger partial charge in [-0.2, -0.15) is 0 Å². The molecule has 1 aliphatic heterocycles. The Bertz CT molecular complexity index is 1210. The van der Waals surface area contributed by atoms with E-state index in [9.17, 15) is 9.59 Å². The molecular formula is C25H30N4O3S. The van der Waals surface area contributed by atoms with Crippen molar-refractivity contribution in [3.8, 4) is 27.6 Å². The lowest BCUT2D eigenvalue weighted by Crippen LogP contribution is -2.43. The highest BCUT2D eigenvalue weighted by Crippen LogP contribution is 2.43. The number of carbonyl (C=O) groups excluding carboxylic acids is 2. The number of ether oxygens (including phenoxy) is 1. The molecule has 0 radical (unpaired) electrons. The first-order valence-corrected chi connectivity index (χ1v) is 12.0. The number of nitrogens with zero attached hydrogens (tertiary/aromatic N) is 3. The van der Waals surface area contributed by atoms with E-state index in [1.807, 2.05) is 69.0 Å². The smallest absolute Gasteiger partial charge is 0.290 e. The van der Waals surface area contributed by atoms with Crippen molar-refractivity contribution in [2.24, 2.45) is 0 Å². The lowest BCUT2D eigenvalue weighted by molar-refractivity contribution is -0.115. The Morgan fingerprint density at radius 3 is 2.67 bits per heavy atom. The molecule has 0 unspecified atom stereocenters. The highest BCUT2D eigenvalue weighted by molar-refractivity contribution is 7.13. The second-order valence-electron chi connectivity index (χ2n) is 9.16. The molecule has 3 aromatic rings. The summed E-state index contributed by atoms with van der Waals surface area (Å²) in [5.41, 5.74) is 4.05. The number of thiophene rings is 1. The SMILES string of the molecule is CCC(=O)Nc1cc2c(cc1OC)CCn1c(C(=O)N(C)C(C)(C)C)nc(-c3cccs3)c1-2. The van der Waals surface area contributed by atoms with E-state index < -0.39 is 0 Å². The summed E-state index contributed by atoms with van der Waals surface area (Å²) in [7, 11) is 3.42. The number of benzene rings is 1. The van der Waals surface area contributed by atoms with Crippen LogP contribution in [0.3, 0.4) is 0 Å². The quantitative estimate of drug-likeness (QED) is 0.570. The van der Waals surface area contributed by atoms with E-state index in [2.05, 4.69) is 5.32 Å². The van der Waals surface area contributed by atoms with Gasteiger partial charge in [0.2, 0.25) is 5.91 Å². The van der Waals surface area contributed by atoms with Crippen molar-refractivity contribution in [2.75, 3.05) is 19.5 Å². The minimum absolute atomic E-state index is 0.0845. The van der Waals surface area contributed by atoms with Crippen LogP contribution in [-0.4, -0.2) is 46.0 Å². The number of aromatic nitrogens is 2. The van der Waals surface area contributed by atoms with Gasteiger partial charge in [0, 0.05) is 31.1 Å². The molecule has 0 atom stereocenters. The molecule has 0 bridgehead atoms. The Kier molecular flexibility index (Phi) is 6.05. The molecule has 174 valence electrons. The van der Waals surface area contributed by atoms with Crippen molar-refractivity contribution < 1.29 is 14.3 Å². The molecule has 2 amide bonds. The van der Waals surface area contributed by atoms with E-state index in [1.54, 1.807) is 23.3 Å². The van der Waals surface area contributed by atoms with Crippen molar-refractivity contribution in [1.82, 2.24) is 14.5 Å². The third-order valence-electron chi connectivity index (χ3n) is 6.10. The summed E-state index contributed by atoms with van der Waals surface area (Å²) in [6.45, 7) is 8.48. The first kappa shape index (κ1) is 23.0. The predicted molar refractivity (Wildman–Crippen MR) is 132 cm³/mol. The summed E-state index contributed by atoms with van der Waals surface area (Å²) in [5.74, 6) is 0.873. The number of imidazole rings is 1. The molecule has 8 heteroatoms. The molecule has 0 aliphatic carbocycles.